The van der Waals surface area contributed by atoms with Gasteiger partial charge >= 0.3 is 0 Å². The molecule has 0 unspecified atom stereocenters. The summed E-state index contributed by atoms with van der Waals surface area (Å²) < 4.78 is 5.09. The van der Waals surface area contributed by atoms with Gasteiger partial charge in [0.15, 0.2) is 0 Å². The van der Waals surface area contributed by atoms with E-state index in [1.165, 1.54) is 203 Å². The van der Waals surface area contributed by atoms with Crippen molar-refractivity contribution in [3.8, 4) is 33.6 Å². The summed E-state index contributed by atoms with van der Waals surface area (Å²) in [5.74, 6) is 0. The fraction of sp³-hybridized carbons (Fsp3) is 0.156. The first kappa shape index (κ1) is 56.1. The van der Waals surface area contributed by atoms with Crippen LogP contribution in [0.4, 0.5) is 34.1 Å². The molecule has 18 rings (SSSR count). The van der Waals surface area contributed by atoms with E-state index in [2.05, 4.69) is 300 Å². The van der Waals surface area contributed by atoms with Crippen molar-refractivity contribution in [3.63, 3.8) is 0 Å². The Labute approximate surface area is 550 Å². The molecule has 94 heavy (non-hydrogen) atoms. The Balaban J connectivity index is 0.928. The molecular formula is C90H74N4. The number of fused-ring (bicyclic) bond motifs is 8. The van der Waals surface area contributed by atoms with Gasteiger partial charge < -0.3 is 18.9 Å². The Morgan fingerprint density at radius 3 is 1.35 bits per heavy atom. The van der Waals surface area contributed by atoms with Crippen molar-refractivity contribution in [2.75, 3.05) is 9.80 Å². The van der Waals surface area contributed by atoms with E-state index in [1.54, 1.807) is 0 Å². The molecule has 0 spiro atoms. The molecule has 2 aliphatic rings. The van der Waals surface area contributed by atoms with Crippen molar-refractivity contribution in [1.82, 2.24) is 9.13 Å². The van der Waals surface area contributed by atoms with Crippen LogP contribution in [0.25, 0.3) is 110 Å². The highest BCUT2D eigenvalue weighted by Gasteiger charge is 2.31. The van der Waals surface area contributed by atoms with Crippen molar-refractivity contribution < 1.29 is 0 Å². The van der Waals surface area contributed by atoms with Crippen LogP contribution in [0.15, 0.2) is 267 Å². The monoisotopic (exact) mass is 1210 g/mol. The van der Waals surface area contributed by atoms with Gasteiger partial charge in [0, 0.05) is 60.5 Å². The van der Waals surface area contributed by atoms with Crippen molar-refractivity contribution in [3.05, 3.63) is 300 Å². The highest BCUT2D eigenvalue weighted by Crippen LogP contribution is 2.54. The molecule has 0 saturated heterocycles. The summed E-state index contributed by atoms with van der Waals surface area (Å²) >= 11 is 0. The molecule has 0 fully saturated rings. The van der Waals surface area contributed by atoms with E-state index in [-0.39, 0.29) is 0 Å². The van der Waals surface area contributed by atoms with E-state index >= 15 is 0 Å². The number of aryl methyl sites for hydroxylation is 4. The fourth-order valence-electron chi connectivity index (χ4n) is 17.0. The smallest absolute Gasteiger partial charge is 0.0782 e. The van der Waals surface area contributed by atoms with Gasteiger partial charge in [-0.25, -0.2) is 0 Å². The number of hydrogen-bond acceptors (Lipinski definition) is 2. The topological polar surface area (TPSA) is 16.3 Å². The summed E-state index contributed by atoms with van der Waals surface area (Å²) in [6.45, 7) is 4.72. The zero-order valence-electron chi connectivity index (χ0n) is 53.7. The SMILES string of the molecule is CCCc1cc(N(c2ccc3c(c2)c2ccccc2n3-c2ccccc2-c2ccccc2)c2cccc3c2CCCC3)c2ccc3c(CCC)cc(N(c4cccc5c4CCCC5)c4cccc5c6ccccc6n(-c6ccccc6-c6ccccc6)c45)c4ccc1c2c34. The zero-order chi connectivity index (χ0) is 62.4. The highest BCUT2D eigenvalue weighted by atomic mass is 15.2. The maximum Gasteiger partial charge on any atom is 0.0782 e. The molecule has 2 heterocycles. The predicted molar refractivity (Wildman–Crippen MR) is 400 cm³/mol. The molecule has 4 heteroatoms. The van der Waals surface area contributed by atoms with Gasteiger partial charge in [0.25, 0.3) is 0 Å². The molecule has 0 aliphatic heterocycles. The van der Waals surface area contributed by atoms with E-state index in [9.17, 15) is 0 Å². The maximum absolute atomic E-state index is 2.73. The van der Waals surface area contributed by atoms with Gasteiger partial charge in [0.05, 0.1) is 50.5 Å². The first-order chi connectivity index (χ1) is 46.6. The van der Waals surface area contributed by atoms with Crippen LogP contribution in [0.3, 0.4) is 0 Å². The third kappa shape index (κ3) is 8.93. The number of rotatable bonds is 14. The Morgan fingerprint density at radius 2 is 0.755 bits per heavy atom. The third-order valence-electron chi connectivity index (χ3n) is 21.1. The summed E-state index contributed by atoms with van der Waals surface area (Å²) in [4.78, 5) is 5.43. The number of benzene rings is 14. The molecule has 0 bridgehead atoms. The van der Waals surface area contributed by atoms with Gasteiger partial charge in [-0.1, -0.05) is 221 Å². The molecule has 2 aromatic heterocycles. The third-order valence-corrected chi connectivity index (χ3v) is 21.1. The summed E-state index contributed by atoms with van der Waals surface area (Å²) in [7, 11) is 0. The first-order valence-electron chi connectivity index (χ1n) is 34.5. The minimum atomic E-state index is 0.956. The Bertz CT molecular complexity index is 5610. The van der Waals surface area contributed by atoms with Gasteiger partial charge in [-0.2, -0.15) is 0 Å². The number of aromatic nitrogens is 2. The van der Waals surface area contributed by atoms with Crippen LogP contribution < -0.4 is 9.80 Å². The summed E-state index contributed by atoms with van der Waals surface area (Å²) in [5, 5.41) is 13.0. The Hall–Kier alpha value is -10.7. The lowest BCUT2D eigenvalue weighted by Gasteiger charge is -2.34. The molecule has 0 atom stereocenters. The Morgan fingerprint density at radius 1 is 0.309 bits per heavy atom. The highest BCUT2D eigenvalue weighted by molar-refractivity contribution is 6.30. The summed E-state index contributed by atoms with van der Waals surface area (Å²) in [6.07, 6.45) is 13.0. The van der Waals surface area contributed by atoms with Gasteiger partial charge in [-0.05, 0) is 203 Å². The molecule has 14 aromatic carbocycles. The molecule has 0 saturated carbocycles. The second-order valence-corrected chi connectivity index (χ2v) is 26.4. The standard InChI is InChI=1S/C90H74N4/c1-3-26-63-56-86(91(78-47-23-34-61-32-11-13-36-66(61)78)65-50-55-84-77(58-65)73-41-18-21-45-82(73)92(84)79-43-19-15-38-67(79)59-28-7-5-8-29-59)75-53-51-71-64(27-4-2)57-87(76-54-52-70(63)88(75)89(71)76)93(80-48-24-35-62-33-12-14-37-68(62)80)85-49-25-42-74-72-40-17-22-46-83(72)94(90(74)85)81-44-20-16-39-69(81)60-30-9-6-10-31-60/h5-10,15-25,28-31,34-35,38-58H,3-4,11-14,26-27,32-33,36-37H2,1-2H3. The van der Waals surface area contributed by atoms with E-state index in [1.807, 2.05) is 0 Å². The molecule has 2 aliphatic carbocycles. The predicted octanol–water partition coefficient (Wildman–Crippen LogP) is 24.7. The van der Waals surface area contributed by atoms with E-state index in [4.69, 9.17) is 0 Å². The average molecular weight is 1210 g/mol. The van der Waals surface area contributed by atoms with Crippen molar-refractivity contribution in [2.24, 2.45) is 0 Å². The van der Waals surface area contributed by atoms with Gasteiger partial charge in [0.1, 0.15) is 0 Å². The van der Waals surface area contributed by atoms with Crippen LogP contribution in [0, 0.1) is 0 Å². The van der Waals surface area contributed by atoms with Crippen molar-refractivity contribution >= 4 is 110 Å². The lowest BCUT2D eigenvalue weighted by molar-refractivity contribution is 0.686. The lowest BCUT2D eigenvalue weighted by Crippen LogP contribution is -2.17. The number of hydrogen-bond donors (Lipinski definition) is 0. The quantitative estimate of drug-likeness (QED) is 0.101. The Kier molecular flexibility index (Phi) is 13.8. The molecule has 0 amide bonds. The molecule has 0 N–H and O–H groups in total. The number of anilines is 6. The molecular weight excluding hydrogens is 1140 g/mol. The first-order valence-corrected chi connectivity index (χ1v) is 34.5. The zero-order valence-corrected chi connectivity index (χ0v) is 53.7. The average Bonchev–Trinajstić information content (AvgIpc) is 0.922. The van der Waals surface area contributed by atoms with Crippen LogP contribution >= 0.6 is 0 Å². The van der Waals surface area contributed by atoms with E-state index in [0.717, 1.165) is 51.4 Å². The largest absolute Gasteiger partial charge is 0.310 e. The minimum Gasteiger partial charge on any atom is -0.310 e. The fourth-order valence-corrected chi connectivity index (χ4v) is 17.0. The van der Waals surface area contributed by atoms with Crippen LogP contribution in [0.1, 0.15) is 85.8 Å². The summed E-state index contributed by atoms with van der Waals surface area (Å²) in [5.41, 5.74) is 28.1. The van der Waals surface area contributed by atoms with Crippen molar-refractivity contribution in [2.45, 2.75) is 90.9 Å². The van der Waals surface area contributed by atoms with Gasteiger partial charge in [-0.15, -0.1) is 0 Å². The molecule has 0 radical (unpaired) electrons. The lowest BCUT2D eigenvalue weighted by atomic mass is 9.85. The molecule has 4 nitrogen and oxygen atoms in total. The van der Waals surface area contributed by atoms with Crippen LogP contribution in [0.2, 0.25) is 0 Å². The summed E-state index contributed by atoms with van der Waals surface area (Å²) in [6, 6.07) is 102. The normalized spacial score (nSPS) is 13.3. The van der Waals surface area contributed by atoms with Crippen LogP contribution in [0.5, 0.6) is 0 Å². The molecule has 454 valence electrons. The second kappa shape index (κ2) is 23.2. The number of nitrogens with zero attached hydrogens (tertiary/aromatic N) is 4. The molecule has 16 aromatic rings. The van der Waals surface area contributed by atoms with Gasteiger partial charge in [-0.3, -0.25) is 0 Å². The van der Waals surface area contributed by atoms with Crippen LogP contribution in [-0.4, -0.2) is 9.13 Å². The van der Waals surface area contributed by atoms with Crippen LogP contribution in [-0.2, 0) is 38.5 Å². The number of para-hydroxylation sites is 5. The van der Waals surface area contributed by atoms with Gasteiger partial charge in [0.2, 0.25) is 0 Å². The maximum atomic E-state index is 2.73. The second-order valence-electron chi connectivity index (χ2n) is 26.4. The van der Waals surface area contributed by atoms with E-state index < -0.39 is 0 Å². The van der Waals surface area contributed by atoms with E-state index in [0.29, 0.717) is 0 Å². The van der Waals surface area contributed by atoms with Crippen molar-refractivity contribution in [1.29, 1.82) is 0 Å². The minimum absolute atomic E-state index is 0.956.